The van der Waals surface area contributed by atoms with E-state index in [4.69, 9.17) is 14.4 Å². The van der Waals surface area contributed by atoms with Crippen molar-refractivity contribution in [3.05, 3.63) is 194 Å². The molecule has 13 rings (SSSR count). The molecule has 0 amide bonds. The monoisotopic (exact) mass is 752 g/mol. The molecule has 0 aliphatic heterocycles. The van der Waals surface area contributed by atoms with Gasteiger partial charge in [0.25, 0.3) is 0 Å². The molecule has 13 aromatic rings. The number of para-hydroxylation sites is 3. The van der Waals surface area contributed by atoms with Crippen LogP contribution in [0.15, 0.2) is 199 Å². The van der Waals surface area contributed by atoms with Gasteiger partial charge in [0.15, 0.2) is 0 Å². The molecule has 4 heterocycles. The Hall–Kier alpha value is -8.02. The summed E-state index contributed by atoms with van der Waals surface area (Å²) in [6.07, 6.45) is 0. The number of rotatable bonds is 4. The highest BCUT2D eigenvalue weighted by Crippen LogP contribution is 2.46. The van der Waals surface area contributed by atoms with Crippen LogP contribution < -0.4 is 0 Å². The third-order valence-electron chi connectivity index (χ3n) is 12.1. The van der Waals surface area contributed by atoms with Crippen LogP contribution in [-0.4, -0.2) is 19.1 Å². The molecule has 0 fully saturated rings. The van der Waals surface area contributed by atoms with E-state index in [0.717, 1.165) is 93.4 Å². The van der Waals surface area contributed by atoms with E-state index in [1.165, 1.54) is 21.9 Å². The fraction of sp³-hybridized carbons (Fsp3) is 0. The van der Waals surface area contributed by atoms with E-state index in [2.05, 4.69) is 191 Å². The molecule has 0 radical (unpaired) electrons. The average Bonchev–Trinajstić information content (AvgIpc) is 3.96. The van der Waals surface area contributed by atoms with Crippen molar-refractivity contribution in [1.29, 1.82) is 0 Å². The van der Waals surface area contributed by atoms with E-state index in [1.54, 1.807) is 0 Å². The minimum atomic E-state index is 0.628. The van der Waals surface area contributed by atoms with Crippen molar-refractivity contribution in [3.63, 3.8) is 0 Å². The quantitative estimate of drug-likeness (QED) is 0.180. The highest BCUT2D eigenvalue weighted by Gasteiger charge is 2.25. The lowest BCUT2D eigenvalue weighted by atomic mass is 10.0. The molecule has 0 atom stereocenters. The maximum Gasteiger partial charge on any atom is 0.235 e. The van der Waals surface area contributed by atoms with Crippen LogP contribution in [-0.2, 0) is 0 Å². The van der Waals surface area contributed by atoms with Gasteiger partial charge in [0.2, 0.25) is 5.95 Å². The molecule has 5 nitrogen and oxygen atoms in total. The largest absolute Gasteiger partial charge is 0.455 e. The smallest absolute Gasteiger partial charge is 0.235 e. The normalized spacial score (nSPS) is 12.1. The molecule has 0 N–H and O–H groups in total. The second kappa shape index (κ2) is 12.2. The summed E-state index contributed by atoms with van der Waals surface area (Å²) in [6.45, 7) is 0. The van der Waals surface area contributed by atoms with Crippen molar-refractivity contribution in [3.8, 4) is 34.0 Å². The first kappa shape index (κ1) is 32.1. The predicted molar refractivity (Wildman–Crippen MR) is 244 cm³/mol. The fourth-order valence-electron chi connectivity index (χ4n) is 9.47. The topological polar surface area (TPSA) is 48.8 Å². The first-order chi connectivity index (χ1) is 29.3. The Morgan fingerprint density at radius 1 is 0.373 bits per heavy atom. The van der Waals surface area contributed by atoms with Gasteiger partial charge in [-0.05, 0) is 76.5 Å². The summed E-state index contributed by atoms with van der Waals surface area (Å²) < 4.78 is 11.5. The van der Waals surface area contributed by atoms with Crippen LogP contribution in [0.25, 0.3) is 121 Å². The number of hydrogen-bond donors (Lipinski definition) is 0. The Kier molecular flexibility index (Phi) is 6.66. The van der Waals surface area contributed by atoms with E-state index < -0.39 is 0 Å². The van der Waals surface area contributed by atoms with Gasteiger partial charge in [0, 0.05) is 43.6 Å². The van der Waals surface area contributed by atoms with E-state index in [-0.39, 0.29) is 0 Å². The Morgan fingerprint density at radius 2 is 1.02 bits per heavy atom. The highest BCUT2D eigenvalue weighted by atomic mass is 16.3. The number of benzene rings is 9. The van der Waals surface area contributed by atoms with Crippen LogP contribution in [0, 0.1) is 0 Å². The van der Waals surface area contributed by atoms with Crippen LogP contribution in [0.2, 0.25) is 0 Å². The third kappa shape index (κ3) is 4.67. The SMILES string of the molecule is c1ccc(-c2ccc(-c3nc(-n4c5ccccc5c5c6c7c8oc9ccccc9c8ccc7n(-c7ccc8ccccc8c7)c6ccc54)nc4ccccc34)cc2)cc1. The van der Waals surface area contributed by atoms with Gasteiger partial charge in [-0.3, -0.25) is 4.57 Å². The van der Waals surface area contributed by atoms with Crippen LogP contribution >= 0.6 is 0 Å². The van der Waals surface area contributed by atoms with Gasteiger partial charge < -0.3 is 8.98 Å². The lowest BCUT2D eigenvalue weighted by Crippen LogP contribution is -2.03. The van der Waals surface area contributed by atoms with E-state index in [0.29, 0.717) is 5.95 Å². The molecule has 0 saturated heterocycles. The first-order valence-corrected chi connectivity index (χ1v) is 20.0. The summed E-state index contributed by atoms with van der Waals surface area (Å²) in [4.78, 5) is 10.7. The Balaban J connectivity index is 1.13. The molecule has 0 saturated carbocycles. The lowest BCUT2D eigenvalue weighted by molar-refractivity contribution is 0.673. The molecule has 0 aliphatic rings. The maximum absolute atomic E-state index is 6.85. The number of furan rings is 1. The van der Waals surface area contributed by atoms with Gasteiger partial charge in [-0.2, -0.15) is 0 Å². The van der Waals surface area contributed by atoms with Gasteiger partial charge >= 0.3 is 0 Å². The van der Waals surface area contributed by atoms with Crippen molar-refractivity contribution in [2.45, 2.75) is 0 Å². The Labute approximate surface area is 337 Å². The minimum absolute atomic E-state index is 0.628. The molecule has 0 bridgehead atoms. The fourth-order valence-corrected chi connectivity index (χ4v) is 9.47. The van der Waals surface area contributed by atoms with Crippen molar-refractivity contribution in [1.82, 2.24) is 19.1 Å². The summed E-state index contributed by atoms with van der Waals surface area (Å²) in [5.74, 6) is 0.628. The molecule has 5 heteroatoms. The highest BCUT2D eigenvalue weighted by molar-refractivity contribution is 6.34. The molecule has 0 aliphatic carbocycles. The van der Waals surface area contributed by atoms with Crippen molar-refractivity contribution in [2.24, 2.45) is 0 Å². The predicted octanol–water partition coefficient (Wildman–Crippen LogP) is 14.2. The summed E-state index contributed by atoms with van der Waals surface area (Å²) in [7, 11) is 0. The van der Waals surface area contributed by atoms with Gasteiger partial charge in [-0.15, -0.1) is 0 Å². The molecule has 274 valence electrons. The summed E-state index contributed by atoms with van der Waals surface area (Å²) >= 11 is 0. The summed E-state index contributed by atoms with van der Waals surface area (Å²) in [6, 6.07) is 68.8. The summed E-state index contributed by atoms with van der Waals surface area (Å²) in [5, 5.41) is 10.1. The van der Waals surface area contributed by atoms with Crippen LogP contribution in [0.3, 0.4) is 0 Å². The zero-order valence-electron chi connectivity index (χ0n) is 31.7. The number of aromatic nitrogens is 4. The number of fused-ring (bicyclic) bond motifs is 13. The minimum Gasteiger partial charge on any atom is -0.455 e. The van der Waals surface area contributed by atoms with E-state index in [9.17, 15) is 0 Å². The van der Waals surface area contributed by atoms with Crippen molar-refractivity contribution < 1.29 is 4.42 Å². The molecule has 9 aromatic carbocycles. The lowest BCUT2D eigenvalue weighted by Gasteiger charge is -2.12. The maximum atomic E-state index is 6.85. The zero-order valence-corrected chi connectivity index (χ0v) is 31.7. The van der Waals surface area contributed by atoms with E-state index in [1.807, 2.05) is 12.1 Å². The molecule has 4 aromatic heterocycles. The standard InChI is InChI=1S/C54H32N4O/c1-2-12-33(13-3-1)35-22-24-36(25-23-35)52-41-17-6-9-19-43(41)55-54(56-52)58-44-20-10-7-18-42(44)49-45(58)30-31-46-50(49)51-47(29-28-40-39-16-8-11-21-48(39)59-53(40)51)57(46)38-27-26-34-14-4-5-15-37(34)32-38/h1-32H. The van der Waals surface area contributed by atoms with Gasteiger partial charge in [0.1, 0.15) is 11.2 Å². The van der Waals surface area contributed by atoms with Crippen LogP contribution in [0.1, 0.15) is 0 Å². The second-order valence-corrected chi connectivity index (χ2v) is 15.3. The van der Waals surface area contributed by atoms with Gasteiger partial charge in [-0.1, -0.05) is 140 Å². The molecular formula is C54H32N4O. The second-order valence-electron chi connectivity index (χ2n) is 15.3. The van der Waals surface area contributed by atoms with Crippen molar-refractivity contribution >= 4 is 87.2 Å². The number of hydrogen-bond acceptors (Lipinski definition) is 3. The molecule has 0 spiro atoms. The summed E-state index contributed by atoms with van der Waals surface area (Å²) in [5.41, 5.74) is 12.3. The van der Waals surface area contributed by atoms with E-state index >= 15 is 0 Å². The van der Waals surface area contributed by atoms with Gasteiger partial charge in [-0.25, -0.2) is 9.97 Å². The molecular weight excluding hydrogens is 721 g/mol. The first-order valence-electron chi connectivity index (χ1n) is 20.0. The zero-order chi connectivity index (χ0) is 38.6. The third-order valence-corrected chi connectivity index (χ3v) is 12.1. The molecule has 59 heavy (non-hydrogen) atoms. The van der Waals surface area contributed by atoms with Crippen LogP contribution in [0.5, 0.6) is 0 Å². The van der Waals surface area contributed by atoms with Gasteiger partial charge in [0.05, 0.1) is 38.7 Å². The Morgan fingerprint density at radius 3 is 1.88 bits per heavy atom. The average molecular weight is 753 g/mol. The molecule has 0 unspecified atom stereocenters. The Bertz CT molecular complexity index is 3830. The van der Waals surface area contributed by atoms with Crippen molar-refractivity contribution in [2.75, 3.05) is 0 Å². The number of nitrogens with zero attached hydrogens (tertiary/aromatic N) is 4. The van der Waals surface area contributed by atoms with Crippen LogP contribution in [0.4, 0.5) is 0 Å².